The van der Waals surface area contributed by atoms with E-state index in [9.17, 15) is 0 Å². The maximum absolute atomic E-state index is 6.46. The fraction of sp³-hybridized carbons (Fsp3) is 0.158. The van der Waals surface area contributed by atoms with E-state index in [0.29, 0.717) is 0 Å². The van der Waals surface area contributed by atoms with Crippen molar-refractivity contribution in [3.63, 3.8) is 0 Å². The Hall–Kier alpha value is -1.99. The van der Waals surface area contributed by atoms with Gasteiger partial charge in [0.15, 0.2) is 0 Å². The number of furan rings is 1. The van der Waals surface area contributed by atoms with E-state index in [2.05, 4.69) is 48.5 Å². The van der Waals surface area contributed by atoms with E-state index in [1.54, 1.807) is 0 Å². The summed E-state index contributed by atoms with van der Waals surface area (Å²) in [6.45, 7) is 1.93. The number of alkyl halides is 1. The van der Waals surface area contributed by atoms with Crippen LogP contribution >= 0.6 is 11.6 Å². The highest BCUT2D eigenvalue weighted by Crippen LogP contribution is 2.30. The molecule has 0 N–H and O–H groups in total. The molecule has 0 aliphatic rings. The maximum atomic E-state index is 6.46. The molecule has 1 heterocycles. The minimum absolute atomic E-state index is 0.232. The second kappa shape index (κ2) is 6.19. The van der Waals surface area contributed by atoms with Crippen molar-refractivity contribution in [3.05, 3.63) is 94.9 Å². The van der Waals surface area contributed by atoms with Crippen molar-refractivity contribution < 1.29 is 4.42 Å². The van der Waals surface area contributed by atoms with Gasteiger partial charge >= 0.3 is 0 Å². The summed E-state index contributed by atoms with van der Waals surface area (Å²) in [6, 6.07) is 22.8. The Morgan fingerprint density at radius 2 is 1.52 bits per heavy atom. The molecule has 1 nitrogen and oxygen atoms in total. The molecule has 106 valence electrons. The van der Waals surface area contributed by atoms with Crippen LogP contribution in [0.4, 0.5) is 0 Å². The SMILES string of the molecule is Cc1ccc(C(Cl)c2ccc(Cc3ccccc3)cc2)o1. The number of aryl methyl sites for hydroxylation is 1. The lowest BCUT2D eigenvalue weighted by atomic mass is 10.0. The van der Waals surface area contributed by atoms with E-state index < -0.39 is 0 Å². The minimum Gasteiger partial charge on any atom is -0.464 e. The summed E-state index contributed by atoms with van der Waals surface area (Å²) in [5.74, 6) is 1.68. The summed E-state index contributed by atoms with van der Waals surface area (Å²) in [4.78, 5) is 0. The highest BCUT2D eigenvalue weighted by Gasteiger charge is 2.14. The maximum Gasteiger partial charge on any atom is 0.126 e. The van der Waals surface area contributed by atoms with Crippen LogP contribution in [0.25, 0.3) is 0 Å². The first kappa shape index (κ1) is 14.0. The van der Waals surface area contributed by atoms with Crippen LogP contribution in [0.5, 0.6) is 0 Å². The van der Waals surface area contributed by atoms with Gasteiger partial charge in [-0.25, -0.2) is 0 Å². The summed E-state index contributed by atoms with van der Waals surface area (Å²) >= 11 is 6.46. The average Bonchev–Trinajstić information content (AvgIpc) is 2.95. The van der Waals surface area contributed by atoms with Crippen molar-refractivity contribution in [2.24, 2.45) is 0 Å². The summed E-state index contributed by atoms with van der Waals surface area (Å²) < 4.78 is 5.59. The van der Waals surface area contributed by atoms with Gasteiger partial charge in [-0.05, 0) is 42.2 Å². The van der Waals surface area contributed by atoms with Gasteiger partial charge in [0.05, 0.1) is 0 Å². The molecule has 0 aliphatic heterocycles. The summed E-state index contributed by atoms with van der Waals surface area (Å²) in [5.41, 5.74) is 3.65. The van der Waals surface area contributed by atoms with Crippen molar-refractivity contribution >= 4 is 11.6 Å². The van der Waals surface area contributed by atoms with E-state index in [4.69, 9.17) is 16.0 Å². The van der Waals surface area contributed by atoms with Gasteiger partial charge in [0.2, 0.25) is 0 Å². The smallest absolute Gasteiger partial charge is 0.126 e. The summed E-state index contributed by atoms with van der Waals surface area (Å²) in [5, 5.41) is -0.232. The van der Waals surface area contributed by atoms with Crippen molar-refractivity contribution in [3.8, 4) is 0 Å². The van der Waals surface area contributed by atoms with Crippen molar-refractivity contribution in [1.29, 1.82) is 0 Å². The molecule has 0 bridgehead atoms. The van der Waals surface area contributed by atoms with Gasteiger partial charge in [-0.1, -0.05) is 54.6 Å². The Labute approximate surface area is 130 Å². The van der Waals surface area contributed by atoms with Crippen LogP contribution in [0, 0.1) is 6.92 Å². The second-order valence-electron chi connectivity index (χ2n) is 5.21. The van der Waals surface area contributed by atoms with Crippen LogP contribution in [0.2, 0.25) is 0 Å². The molecule has 0 amide bonds. The van der Waals surface area contributed by atoms with Crippen LogP contribution in [-0.2, 0) is 6.42 Å². The van der Waals surface area contributed by atoms with Crippen molar-refractivity contribution in [2.45, 2.75) is 18.7 Å². The molecule has 0 saturated carbocycles. The molecule has 0 spiro atoms. The lowest BCUT2D eigenvalue weighted by Gasteiger charge is -2.08. The van der Waals surface area contributed by atoms with Gasteiger partial charge in [-0.2, -0.15) is 0 Å². The van der Waals surface area contributed by atoms with Crippen LogP contribution in [0.3, 0.4) is 0 Å². The molecular weight excluding hydrogens is 280 g/mol. The monoisotopic (exact) mass is 296 g/mol. The van der Waals surface area contributed by atoms with Gasteiger partial charge < -0.3 is 4.42 Å². The lowest BCUT2D eigenvalue weighted by molar-refractivity contribution is 0.489. The molecule has 0 radical (unpaired) electrons. The third kappa shape index (κ3) is 3.37. The second-order valence-corrected chi connectivity index (χ2v) is 5.65. The highest BCUT2D eigenvalue weighted by atomic mass is 35.5. The highest BCUT2D eigenvalue weighted by molar-refractivity contribution is 6.22. The fourth-order valence-corrected chi connectivity index (χ4v) is 2.65. The van der Waals surface area contributed by atoms with E-state index in [1.807, 2.05) is 25.1 Å². The number of hydrogen-bond acceptors (Lipinski definition) is 1. The zero-order valence-corrected chi connectivity index (χ0v) is 12.7. The number of benzene rings is 2. The minimum atomic E-state index is -0.232. The summed E-state index contributed by atoms with van der Waals surface area (Å²) in [7, 11) is 0. The first-order valence-electron chi connectivity index (χ1n) is 7.05. The van der Waals surface area contributed by atoms with Gasteiger partial charge in [0, 0.05) is 0 Å². The summed E-state index contributed by atoms with van der Waals surface area (Å²) in [6.07, 6.45) is 0.938. The molecule has 1 atom stereocenters. The quantitative estimate of drug-likeness (QED) is 0.579. The molecule has 3 aromatic rings. The van der Waals surface area contributed by atoms with Crippen LogP contribution < -0.4 is 0 Å². The first-order chi connectivity index (χ1) is 10.2. The topological polar surface area (TPSA) is 13.1 Å². The fourth-order valence-electron chi connectivity index (χ4n) is 2.39. The molecule has 1 unspecified atom stereocenters. The van der Waals surface area contributed by atoms with E-state index in [0.717, 1.165) is 23.5 Å². The molecule has 0 aliphatic carbocycles. The zero-order valence-electron chi connectivity index (χ0n) is 11.9. The molecular formula is C19H17ClO. The molecule has 0 saturated heterocycles. The normalized spacial score (nSPS) is 12.3. The number of rotatable bonds is 4. The Bertz CT molecular complexity index is 698. The van der Waals surface area contributed by atoms with Crippen LogP contribution in [-0.4, -0.2) is 0 Å². The zero-order chi connectivity index (χ0) is 14.7. The third-order valence-corrected chi connectivity index (χ3v) is 4.00. The van der Waals surface area contributed by atoms with Gasteiger partial charge in [0.25, 0.3) is 0 Å². The lowest BCUT2D eigenvalue weighted by Crippen LogP contribution is -1.93. The number of hydrogen-bond donors (Lipinski definition) is 0. The Morgan fingerprint density at radius 1 is 0.857 bits per heavy atom. The van der Waals surface area contributed by atoms with Crippen molar-refractivity contribution in [2.75, 3.05) is 0 Å². The predicted molar refractivity (Wildman–Crippen MR) is 86.8 cm³/mol. The van der Waals surface area contributed by atoms with E-state index >= 15 is 0 Å². The van der Waals surface area contributed by atoms with Gasteiger partial charge in [-0.3, -0.25) is 0 Å². The van der Waals surface area contributed by atoms with Crippen LogP contribution in [0.15, 0.2) is 71.1 Å². The Morgan fingerprint density at radius 3 is 2.14 bits per heavy atom. The first-order valence-corrected chi connectivity index (χ1v) is 7.49. The standard InChI is InChI=1S/C19H17ClO/c1-14-7-12-18(21-14)19(20)17-10-8-16(9-11-17)13-15-5-3-2-4-6-15/h2-12,19H,13H2,1H3. The largest absolute Gasteiger partial charge is 0.464 e. The molecule has 3 rings (SSSR count). The third-order valence-electron chi connectivity index (χ3n) is 3.53. The Kier molecular flexibility index (Phi) is 4.12. The predicted octanol–water partition coefficient (Wildman–Crippen LogP) is 5.51. The molecule has 1 aromatic heterocycles. The van der Waals surface area contributed by atoms with Crippen molar-refractivity contribution in [1.82, 2.24) is 0 Å². The van der Waals surface area contributed by atoms with E-state index in [-0.39, 0.29) is 5.38 Å². The molecule has 2 aromatic carbocycles. The van der Waals surface area contributed by atoms with Crippen LogP contribution in [0.1, 0.15) is 33.6 Å². The van der Waals surface area contributed by atoms with E-state index in [1.165, 1.54) is 11.1 Å². The van der Waals surface area contributed by atoms with Gasteiger partial charge in [0.1, 0.15) is 16.9 Å². The van der Waals surface area contributed by atoms with Gasteiger partial charge in [-0.15, -0.1) is 11.6 Å². The number of halogens is 1. The molecule has 2 heteroatoms. The molecule has 21 heavy (non-hydrogen) atoms. The average molecular weight is 297 g/mol. The molecule has 0 fully saturated rings. The Balaban J connectivity index is 1.75.